The van der Waals surface area contributed by atoms with Gasteiger partial charge in [-0.3, -0.25) is 4.79 Å². The van der Waals surface area contributed by atoms with Crippen molar-refractivity contribution in [2.45, 2.75) is 20.3 Å². The highest BCUT2D eigenvalue weighted by atomic mass is 16.2. The predicted octanol–water partition coefficient (Wildman–Crippen LogP) is 2.94. The molecule has 0 radical (unpaired) electrons. The van der Waals surface area contributed by atoms with E-state index in [4.69, 9.17) is 0 Å². The average molecular weight is 332 g/mol. The SMILES string of the molecule is CCCN(CC#Cc1ccccc1)C(=O)c1cnn2cc(C)cnc12. The monoisotopic (exact) mass is 332 g/mol. The van der Waals surface area contributed by atoms with Crippen LogP contribution in [0.5, 0.6) is 0 Å². The zero-order valence-corrected chi connectivity index (χ0v) is 14.4. The van der Waals surface area contributed by atoms with Crippen molar-refractivity contribution in [1.29, 1.82) is 0 Å². The van der Waals surface area contributed by atoms with Crippen LogP contribution in [0.15, 0.2) is 48.9 Å². The minimum Gasteiger partial charge on any atom is -0.327 e. The van der Waals surface area contributed by atoms with E-state index in [2.05, 4.69) is 21.9 Å². The molecule has 1 aromatic carbocycles. The molecule has 5 nitrogen and oxygen atoms in total. The number of amides is 1. The lowest BCUT2D eigenvalue weighted by Crippen LogP contribution is -2.32. The molecule has 2 aromatic heterocycles. The van der Waals surface area contributed by atoms with Crippen LogP contribution in [0.2, 0.25) is 0 Å². The van der Waals surface area contributed by atoms with E-state index in [1.807, 2.05) is 50.4 Å². The summed E-state index contributed by atoms with van der Waals surface area (Å²) < 4.78 is 1.64. The maximum atomic E-state index is 12.9. The Hall–Kier alpha value is -3.13. The third-order valence-electron chi connectivity index (χ3n) is 3.77. The first-order chi connectivity index (χ1) is 12.2. The van der Waals surface area contributed by atoms with Crippen molar-refractivity contribution < 1.29 is 4.79 Å². The molecule has 0 aliphatic carbocycles. The number of fused-ring (bicyclic) bond motifs is 1. The van der Waals surface area contributed by atoms with Crippen molar-refractivity contribution in [2.75, 3.05) is 13.1 Å². The molecule has 0 aliphatic heterocycles. The van der Waals surface area contributed by atoms with E-state index in [1.54, 1.807) is 21.8 Å². The summed E-state index contributed by atoms with van der Waals surface area (Å²) >= 11 is 0. The second kappa shape index (κ2) is 7.63. The molecule has 0 saturated heterocycles. The van der Waals surface area contributed by atoms with E-state index in [1.165, 1.54) is 0 Å². The van der Waals surface area contributed by atoms with E-state index in [0.29, 0.717) is 24.3 Å². The second-order valence-corrected chi connectivity index (χ2v) is 5.85. The normalized spacial score (nSPS) is 10.3. The Morgan fingerprint density at radius 2 is 2.04 bits per heavy atom. The number of hydrogen-bond donors (Lipinski definition) is 0. The molecule has 0 N–H and O–H groups in total. The fourth-order valence-corrected chi connectivity index (χ4v) is 2.57. The summed E-state index contributed by atoms with van der Waals surface area (Å²) in [5, 5.41) is 4.24. The number of hydrogen-bond acceptors (Lipinski definition) is 3. The molecule has 5 heteroatoms. The zero-order chi connectivity index (χ0) is 17.6. The molecular formula is C20H20N4O. The van der Waals surface area contributed by atoms with Gasteiger partial charge in [0.1, 0.15) is 5.56 Å². The van der Waals surface area contributed by atoms with Gasteiger partial charge in [0, 0.05) is 24.5 Å². The van der Waals surface area contributed by atoms with Crippen molar-refractivity contribution >= 4 is 11.6 Å². The standard InChI is InChI=1S/C20H20N4O/c1-3-11-23(12-7-10-17-8-5-4-6-9-17)20(25)18-14-22-24-15-16(2)13-21-19(18)24/h4-6,8-9,13-15H,3,11-12H2,1-2H3. The maximum Gasteiger partial charge on any atom is 0.260 e. The first-order valence-electron chi connectivity index (χ1n) is 8.32. The van der Waals surface area contributed by atoms with E-state index in [-0.39, 0.29) is 5.91 Å². The van der Waals surface area contributed by atoms with Crippen molar-refractivity contribution in [1.82, 2.24) is 19.5 Å². The molecule has 0 spiro atoms. The van der Waals surface area contributed by atoms with Crippen LogP contribution in [0, 0.1) is 18.8 Å². The van der Waals surface area contributed by atoms with Gasteiger partial charge < -0.3 is 4.90 Å². The number of benzene rings is 1. The number of nitrogens with zero attached hydrogens (tertiary/aromatic N) is 4. The Bertz CT molecular complexity index is 934. The minimum atomic E-state index is -0.0874. The lowest BCUT2D eigenvalue weighted by Gasteiger charge is -2.18. The van der Waals surface area contributed by atoms with Gasteiger partial charge >= 0.3 is 0 Å². The third-order valence-corrected chi connectivity index (χ3v) is 3.77. The van der Waals surface area contributed by atoms with E-state index >= 15 is 0 Å². The Balaban J connectivity index is 1.82. The average Bonchev–Trinajstić information content (AvgIpc) is 3.04. The van der Waals surface area contributed by atoms with Gasteiger partial charge in [-0.2, -0.15) is 5.10 Å². The molecule has 126 valence electrons. The number of carbonyl (C=O) groups is 1. The summed E-state index contributed by atoms with van der Waals surface area (Å²) in [6, 6.07) is 9.77. The summed E-state index contributed by atoms with van der Waals surface area (Å²) in [7, 11) is 0. The quantitative estimate of drug-likeness (QED) is 0.690. The maximum absolute atomic E-state index is 12.9. The largest absolute Gasteiger partial charge is 0.327 e. The van der Waals surface area contributed by atoms with Gasteiger partial charge in [0.2, 0.25) is 0 Å². The van der Waals surface area contributed by atoms with Crippen LogP contribution in [0.1, 0.15) is 34.8 Å². The van der Waals surface area contributed by atoms with E-state index in [9.17, 15) is 4.79 Å². The molecule has 0 bridgehead atoms. The van der Waals surface area contributed by atoms with Crippen molar-refractivity contribution in [2.24, 2.45) is 0 Å². The smallest absolute Gasteiger partial charge is 0.260 e. The van der Waals surface area contributed by atoms with Crippen LogP contribution < -0.4 is 0 Å². The van der Waals surface area contributed by atoms with Crippen molar-refractivity contribution in [3.05, 3.63) is 65.6 Å². The first kappa shape index (κ1) is 16.7. The fraction of sp³-hybridized carbons (Fsp3) is 0.250. The predicted molar refractivity (Wildman–Crippen MR) is 97.2 cm³/mol. The topological polar surface area (TPSA) is 50.5 Å². The number of aromatic nitrogens is 3. The first-order valence-corrected chi connectivity index (χ1v) is 8.32. The highest BCUT2D eigenvalue weighted by molar-refractivity contribution is 5.99. The summed E-state index contributed by atoms with van der Waals surface area (Å²) in [5.74, 6) is 6.10. The lowest BCUT2D eigenvalue weighted by molar-refractivity contribution is 0.0778. The van der Waals surface area contributed by atoms with Crippen LogP contribution in [0.4, 0.5) is 0 Å². The minimum absolute atomic E-state index is 0.0874. The van der Waals surface area contributed by atoms with Gasteiger partial charge in [-0.25, -0.2) is 9.50 Å². The van der Waals surface area contributed by atoms with Crippen LogP contribution in [-0.2, 0) is 0 Å². The molecular weight excluding hydrogens is 312 g/mol. The van der Waals surface area contributed by atoms with Gasteiger partial charge in [-0.1, -0.05) is 37.0 Å². The van der Waals surface area contributed by atoms with Crippen LogP contribution in [-0.4, -0.2) is 38.5 Å². The van der Waals surface area contributed by atoms with Crippen LogP contribution >= 0.6 is 0 Å². The van der Waals surface area contributed by atoms with Gasteiger partial charge in [-0.15, -0.1) is 0 Å². The third kappa shape index (κ3) is 3.86. The Labute approximate surface area is 147 Å². The zero-order valence-electron chi connectivity index (χ0n) is 14.4. The van der Waals surface area contributed by atoms with Gasteiger partial charge in [-0.05, 0) is 31.0 Å². The molecule has 0 unspecified atom stereocenters. The van der Waals surface area contributed by atoms with E-state index < -0.39 is 0 Å². The summed E-state index contributed by atoms with van der Waals surface area (Å²) in [5.41, 5.74) is 3.02. The van der Waals surface area contributed by atoms with Gasteiger partial charge in [0.15, 0.2) is 5.65 Å². The van der Waals surface area contributed by atoms with Crippen LogP contribution in [0.25, 0.3) is 5.65 Å². The second-order valence-electron chi connectivity index (χ2n) is 5.85. The molecule has 25 heavy (non-hydrogen) atoms. The summed E-state index contributed by atoms with van der Waals surface area (Å²) in [4.78, 5) is 19.0. The summed E-state index contributed by atoms with van der Waals surface area (Å²) in [6.07, 6.45) is 6.05. The Morgan fingerprint density at radius 1 is 1.24 bits per heavy atom. The molecule has 0 aliphatic rings. The molecule has 1 amide bonds. The molecule has 3 rings (SSSR count). The molecule has 3 aromatic rings. The number of rotatable bonds is 4. The molecule has 0 saturated carbocycles. The highest BCUT2D eigenvalue weighted by Crippen LogP contribution is 2.12. The molecule has 0 fully saturated rings. The number of carbonyl (C=O) groups excluding carboxylic acids is 1. The van der Waals surface area contributed by atoms with Crippen molar-refractivity contribution in [3.63, 3.8) is 0 Å². The molecule has 2 heterocycles. The van der Waals surface area contributed by atoms with Gasteiger partial charge in [0.25, 0.3) is 5.91 Å². The molecule has 0 atom stereocenters. The summed E-state index contributed by atoms with van der Waals surface area (Å²) in [6.45, 7) is 5.01. The Morgan fingerprint density at radius 3 is 2.80 bits per heavy atom. The Kier molecular flexibility index (Phi) is 5.10. The lowest BCUT2D eigenvalue weighted by atomic mass is 10.2. The van der Waals surface area contributed by atoms with Crippen molar-refractivity contribution in [3.8, 4) is 11.8 Å². The highest BCUT2D eigenvalue weighted by Gasteiger charge is 2.19. The van der Waals surface area contributed by atoms with Crippen LogP contribution in [0.3, 0.4) is 0 Å². The number of aryl methyl sites for hydroxylation is 1. The van der Waals surface area contributed by atoms with E-state index in [0.717, 1.165) is 17.5 Å². The fourth-order valence-electron chi connectivity index (χ4n) is 2.57. The van der Waals surface area contributed by atoms with Gasteiger partial charge in [0.05, 0.1) is 12.7 Å².